The lowest BCUT2D eigenvalue weighted by Gasteiger charge is -2.13. The minimum atomic E-state index is -0.591. The Morgan fingerprint density at radius 2 is 1.69 bits per heavy atom. The summed E-state index contributed by atoms with van der Waals surface area (Å²) in [6, 6.07) is 18.8. The van der Waals surface area contributed by atoms with Crippen molar-refractivity contribution in [2.24, 2.45) is 0 Å². The van der Waals surface area contributed by atoms with E-state index in [1.54, 1.807) is 42.5 Å². The van der Waals surface area contributed by atoms with E-state index in [1.165, 1.54) is 20.3 Å². The number of hydrogen-bond acceptors (Lipinski definition) is 6. The van der Waals surface area contributed by atoms with Crippen molar-refractivity contribution in [2.45, 2.75) is 6.42 Å². The van der Waals surface area contributed by atoms with Gasteiger partial charge in [0.15, 0.2) is 17.3 Å². The number of ether oxygens (including phenoxy) is 3. The number of fused-ring (bicyclic) bond motifs is 1. The molecule has 0 radical (unpaired) electrons. The second-order valence-corrected chi connectivity index (χ2v) is 7.37. The Hall–Kier alpha value is -3.77. The lowest BCUT2D eigenvalue weighted by Crippen LogP contribution is -2.18. The van der Waals surface area contributed by atoms with E-state index in [9.17, 15) is 9.59 Å². The molecule has 0 aliphatic heterocycles. The highest BCUT2D eigenvalue weighted by molar-refractivity contribution is 6.31. The summed E-state index contributed by atoms with van der Waals surface area (Å²) < 4.78 is 22.2. The standard InChI is InChI=1S/C25H19ClO6/c1-29-20-10-8-16(13-21(20)30-2)24-25(32-22(27)12-15-6-4-3-5-7-15)23(28)18-14-17(26)9-11-19(18)31-24/h3-11,13-14H,12H2,1-2H3. The van der Waals surface area contributed by atoms with E-state index in [4.69, 9.17) is 30.2 Å². The molecule has 4 aromatic rings. The predicted molar refractivity (Wildman–Crippen MR) is 122 cm³/mol. The molecule has 1 aromatic heterocycles. The van der Waals surface area contributed by atoms with Crippen molar-refractivity contribution in [2.75, 3.05) is 14.2 Å². The smallest absolute Gasteiger partial charge is 0.315 e. The van der Waals surface area contributed by atoms with Crippen LogP contribution in [0.15, 0.2) is 75.9 Å². The molecule has 0 spiro atoms. The minimum Gasteiger partial charge on any atom is -0.493 e. The van der Waals surface area contributed by atoms with Crippen molar-refractivity contribution in [3.8, 4) is 28.6 Å². The van der Waals surface area contributed by atoms with Crippen LogP contribution in [0.25, 0.3) is 22.3 Å². The molecule has 0 aliphatic rings. The normalized spacial score (nSPS) is 10.7. The number of carbonyl (C=O) groups excluding carboxylic acids is 1. The van der Waals surface area contributed by atoms with E-state index in [-0.39, 0.29) is 23.3 Å². The van der Waals surface area contributed by atoms with Gasteiger partial charge in [-0.25, -0.2) is 0 Å². The van der Waals surface area contributed by atoms with E-state index in [0.29, 0.717) is 27.7 Å². The zero-order valence-corrected chi connectivity index (χ0v) is 18.1. The zero-order chi connectivity index (χ0) is 22.7. The van der Waals surface area contributed by atoms with Gasteiger partial charge in [0.2, 0.25) is 11.2 Å². The molecule has 6 nitrogen and oxygen atoms in total. The Kier molecular flexibility index (Phi) is 6.14. The molecule has 3 aromatic carbocycles. The zero-order valence-electron chi connectivity index (χ0n) is 17.4. The van der Waals surface area contributed by atoms with Crippen molar-refractivity contribution in [3.05, 3.63) is 87.5 Å². The van der Waals surface area contributed by atoms with E-state index in [1.807, 2.05) is 18.2 Å². The summed E-state index contributed by atoms with van der Waals surface area (Å²) in [4.78, 5) is 26.0. The predicted octanol–water partition coefficient (Wildman–Crippen LogP) is 5.28. The van der Waals surface area contributed by atoms with Crippen LogP contribution in [-0.2, 0) is 11.2 Å². The molecule has 0 fully saturated rings. The van der Waals surface area contributed by atoms with Crippen LogP contribution in [0.3, 0.4) is 0 Å². The molecule has 0 atom stereocenters. The number of methoxy groups -OCH3 is 2. The van der Waals surface area contributed by atoms with Crippen molar-refractivity contribution in [1.29, 1.82) is 0 Å². The molecule has 7 heteroatoms. The van der Waals surface area contributed by atoms with Gasteiger partial charge in [0.05, 0.1) is 26.0 Å². The van der Waals surface area contributed by atoms with Crippen molar-refractivity contribution in [3.63, 3.8) is 0 Å². The molecule has 4 rings (SSSR count). The maximum absolute atomic E-state index is 13.3. The maximum atomic E-state index is 13.3. The highest BCUT2D eigenvalue weighted by Gasteiger charge is 2.22. The third-order valence-corrected chi connectivity index (χ3v) is 5.10. The Balaban J connectivity index is 1.85. The number of carbonyl (C=O) groups is 1. The molecular formula is C25H19ClO6. The van der Waals surface area contributed by atoms with E-state index < -0.39 is 11.4 Å². The van der Waals surface area contributed by atoms with Gasteiger partial charge in [-0.15, -0.1) is 0 Å². The Labute approximate surface area is 188 Å². The first kappa shape index (κ1) is 21.5. The van der Waals surface area contributed by atoms with Gasteiger partial charge in [0.25, 0.3) is 0 Å². The molecule has 0 aliphatic carbocycles. The number of rotatable bonds is 6. The van der Waals surface area contributed by atoms with Crippen LogP contribution < -0.4 is 19.6 Å². The first-order chi connectivity index (χ1) is 15.5. The number of benzene rings is 3. The summed E-state index contributed by atoms with van der Waals surface area (Å²) in [5.41, 5.74) is 1.06. The highest BCUT2D eigenvalue weighted by atomic mass is 35.5. The highest BCUT2D eigenvalue weighted by Crippen LogP contribution is 2.37. The molecule has 0 amide bonds. The molecule has 1 heterocycles. The summed E-state index contributed by atoms with van der Waals surface area (Å²) in [5.74, 6) is 0.242. The van der Waals surface area contributed by atoms with Crippen LogP contribution in [0.5, 0.6) is 17.2 Å². The fourth-order valence-corrected chi connectivity index (χ4v) is 3.50. The van der Waals surface area contributed by atoms with Gasteiger partial charge in [-0.1, -0.05) is 41.9 Å². The van der Waals surface area contributed by atoms with Gasteiger partial charge < -0.3 is 18.6 Å². The molecule has 162 valence electrons. The first-order valence-electron chi connectivity index (χ1n) is 9.73. The second kappa shape index (κ2) is 9.16. The molecule has 0 unspecified atom stereocenters. The number of halogens is 1. The van der Waals surface area contributed by atoms with Gasteiger partial charge in [-0.2, -0.15) is 0 Å². The van der Waals surface area contributed by atoms with Gasteiger partial charge in [-0.3, -0.25) is 9.59 Å². The number of esters is 1. The SMILES string of the molecule is COc1ccc(-c2oc3ccc(Cl)cc3c(=O)c2OC(=O)Cc2ccccc2)cc1OC. The maximum Gasteiger partial charge on any atom is 0.315 e. The molecule has 0 bridgehead atoms. The fraction of sp³-hybridized carbons (Fsp3) is 0.120. The topological polar surface area (TPSA) is 75.0 Å². The van der Waals surface area contributed by atoms with E-state index >= 15 is 0 Å². The number of hydrogen-bond donors (Lipinski definition) is 0. The van der Waals surface area contributed by atoms with Gasteiger partial charge in [-0.05, 0) is 42.0 Å². The monoisotopic (exact) mass is 450 g/mol. The van der Waals surface area contributed by atoms with Crippen molar-refractivity contribution < 1.29 is 23.4 Å². The van der Waals surface area contributed by atoms with Gasteiger partial charge in [0, 0.05) is 10.6 Å². The lowest BCUT2D eigenvalue weighted by atomic mass is 10.1. The van der Waals surface area contributed by atoms with Gasteiger partial charge >= 0.3 is 5.97 Å². The van der Waals surface area contributed by atoms with Gasteiger partial charge in [0.1, 0.15) is 5.58 Å². The summed E-state index contributed by atoms with van der Waals surface area (Å²) >= 11 is 6.07. The third kappa shape index (κ3) is 4.31. The largest absolute Gasteiger partial charge is 0.493 e. The molecule has 0 saturated carbocycles. The Morgan fingerprint density at radius 1 is 0.938 bits per heavy atom. The lowest BCUT2D eigenvalue weighted by molar-refractivity contribution is -0.133. The third-order valence-electron chi connectivity index (χ3n) is 4.86. The van der Waals surface area contributed by atoms with Crippen LogP contribution >= 0.6 is 11.6 Å². The van der Waals surface area contributed by atoms with Crippen LogP contribution in [0.4, 0.5) is 0 Å². The summed E-state index contributed by atoms with van der Waals surface area (Å²) in [6.45, 7) is 0. The average Bonchev–Trinajstić information content (AvgIpc) is 2.81. The van der Waals surface area contributed by atoms with Crippen LogP contribution in [0, 0.1) is 0 Å². The van der Waals surface area contributed by atoms with Crippen LogP contribution in [0.2, 0.25) is 5.02 Å². The first-order valence-corrected chi connectivity index (χ1v) is 10.1. The van der Waals surface area contributed by atoms with Crippen molar-refractivity contribution >= 4 is 28.5 Å². The molecular weight excluding hydrogens is 432 g/mol. The molecule has 32 heavy (non-hydrogen) atoms. The quantitative estimate of drug-likeness (QED) is 0.372. The van der Waals surface area contributed by atoms with Crippen molar-refractivity contribution in [1.82, 2.24) is 0 Å². The van der Waals surface area contributed by atoms with E-state index in [2.05, 4.69) is 0 Å². The minimum absolute atomic E-state index is 0.000757. The molecule has 0 N–H and O–H groups in total. The molecule has 0 saturated heterocycles. The average molecular weight is 451 g/mol. The summed E-state index contributed by atoms with van der Waals surface area (Å²) in [6.07, 6.45) is -0.000757. The van der Waals surface area contributed by atoms with Crippen LogP contribution in [0.1, 0.15) is 5.56 Å². The Morgan fingerprint density at radius 3 is 2.41 bits per heavy atom. The summed E-state index contributed by atoms with van der Waals surface area (Å²) in [7, 11) is 3.02. The summed E-state index contributed by atoms with van der Waals surface area (Å²) in [5, 5.41) is 0.578. The Bertz CT molecular complexity index is 1340. The van der Waals surface area contributed by atoms with Crippen LogP contribution in [-0.4, -0.2) is 20.2 Å². The van der Waals surface area contributed by atoms with E-state index in [0.717, 1.165) is 5.56 Å². The fourth-order valence-electron chi connectivity index (χ4n) is 3.32. The second-order valence-electron chi connectivity index (χ2n) is 6.94.